The molecule has 0 aromatic heterocycles. The number of benzene rings is 8. The molecule has 0 radical (unpaired) electrons. The summed E-state index contributed by atoms with van der Waals surface area (Å²) in [6.07, 6.45) is 2.65. The van der Waals surface area contributed by atoms with E-state index in [2.05, 4.69) is 46.0 Å². The van der Waals surface area contributed by atoms with Crippen LogP contribution in [0.5, 0.6) is 23.0 Å². The monoisotopic (exact) mass is 1680 g/mol. The Bertz CT molecular complexity index is 5150. The van der Waals surface area contributed by atoms with Gasteiger partial charge >= 0.3 is 18.3 Å². The zero-order valence-corrected chi connectivity index (χ0v) is 71.3. The van der Waals surface area contributed by atoms with E-state index in [9.17, 15) is 47.0 Å². The third-order valence-corrected chi connectivity index (χ3v) is 24.3. The highest BCUT2D eigenvalue weighted by Gasteiger charge is 2.36. The van der Waals surface area contributed by atoms with E-state index in [1.54, 1.807) is 96.3 Å². The molecular weight excluding hydrogens is 1590 g/mol. The molecule has 600 valence electrons. The number of nitrogens with one attached hydrogen (secondary N) is 1. The van der Waals surface area contributed by atoms with E-state index in [1.165, 1.54) is 43.5 Å². The number of likely N-dealkylation sites (tertiary alicyclic amines) is 3. The van der Waals surface area contributed by atoms with Gasteiger partial charge in [0.25, 0.3) is 0 Å². The van der Waals surface area contributed by atoms with Gasteiger partial charge in [0, 0.05) is 88.6 Å². The first kappa shape index (κ1) is 89.3. The Morgan fingerprint density at radius 3 is 1.18 bits per heavy atom. The summed E-state index contributed by atoms with van der Waals surface area (Å²) in [4.78, 5) is 45.0. The van der Waals surface area contributed by atoms with Gasteiger partial charge in [-0.2, -0.15) is 21.0 Å². The van der Waals surface area contributed by atoms with Crippen LogP contribution in [0.25, 0.3) is 0 Å². The van der Waals surface area contributed by atoms with Gasteiger partial charge in [-0.25, -0.2) is 31.2 Å². The molecule has 0 spiro atoms. The van der Waals surface area contributed by atoms with Crippen LogP contribution in [0.1, 0.15) is 156 Å². The van der Waals surface area contributed by atoms with Gasteiger partial charge < -0.3 is 53.2 Å². The number of hydrogen-bond acceptors (Lipinski definition) is 21. The van der Waals surface area contributed by atoms with Crippen molar-refractivity contribution in [1.82, 2.24) is 20.0 Å². The van der Waals surface area contributed by atoms with Gasteiger partial charge in [-0.3, -0.25) is 0 Å². The molecule has 0 aliphatic carbocycles. The van der Waals surface area contributed by atoms with Crippen LogP contribution in [0.15, 0.2) is 209 Å². The Morgan fingerprint density at radius 2 is 0.798 bits per heavy atom. The SMILES string of the molecule is COc1cc(S(=O)(=O)c2ccccc2C#N)ccc1C1CCN(C(=O)OC(C)(C)C)C1.COc1cc(S(=O)(=O)c2ccccc2C#N)ccc1C1CCNC1.COc1cc(S)ccc1C1CCN(C(=O)OC(C)(C)C)C1.COc1cc(Sc2ccccc2C#N)ccc1C1CCN(C(=O)OC(C)(C)C)C1.N#Cc1ccccc1Br. The van der Waals surface area contributed by atoms with Crippen molar-refractivity contribution >= 4 is 78.3 Å². The number of thiol groups is 1. The summed E-state index contributed by atoms with van der Waals surface area (Å²) in [6.45, 7) is 22.3. The summed E-state index contributed by atoms with van der Waals surface area (Å²) >= 11 is 9.11. The average Bonchev–Trinajstić information content (AvgIpc) is 0.946. The van der Waals surface area contributed by atoms with Gasteiger partial charge in [0.1, 0.15) is 64.1 Å². The summed E-state index contributed by atoms with van der Waals surface area (Å²) in [5.41, 5.74) is 4.11. The summed E-state index contributed by atoms with van der Waals surface area (Å²) in [7, 11) is -1.31. The summed E-state index contributed by atoms with van der Waals surface area (Å²) in [6, 6.07) is 57.1. The molecule has 4 fully saturated rings. The molecule has 4 aliphatic heterocycles. The number of nitrogens with zero attached hydrogens (tertiary/aromatic N) is 7. The maximum atomic E-state index is 13.1. The first-order valence-electron chi connectivity index (χ1n) is 36.9. The van der Waals surface area contributed by atoms with E-state index in [4.69, 9.17) is 38.4 Å². The van der Waals surface area contributed by atoms with Gasteiger partial charge in [-0.15, -0.1) is 12.6 Å². The fourth-order valence-corrected chi connectivity index (χ4v) is 17.5. The average molecular weight is 1690 g/mol. The van der Waals surface area contributed by atoms with Crippen molar-refractivity contribution < 1.29 is 64.4 Å². The summed E-state index contributed by atoms with van der Waals surface area (Å²) in [5, 5.41) is 39.5. The normalized spacial score (nSPS) is 16.5. The second-order valence-corrected chi connectivity index (χ2v) is 36.4. The zero-order chi connectivity index (χ0) is 83.3. The Hall–Kier alpha value is -10.2. The quantitative estimate of drug-likeness (QED) is 0.0755. The van der Waals surface area contributed by atoms with Crippen molar-refractivity contribution in [2.45, 2.75) is 163 Å². The molecular formula is C87H97BrN8O14S4. The number of rotatable bonds is 14. The first-order valence-corrected chi connectivity index (χ1v) is 42.0. The predicted octanol–water partition coefficient (Wildman–Crippen LogP) is 18.1. The molecule has 22 nitrogen and oxygen atoms in total. The number of nitriles is 4. The second-order valence-electron chi connectivity index (χ2n) is 30.1. The third kappa shape index (κ3) is 24.2. The molecule has 0 bridgehead atoms. The lowest BCUT2D eigenvalue weighted by molar-refractivity contribution is 0.0282. The van der Waals surface area contributed by atoms with Crippen molar-refractivity contribution in [3.05, 3.63) is 219 Å². The molecule has 27 heteroatoms. The van der Waals surface area contributed by atoms with Gasteiger partial charge in [0.05, 0.1) is 70.3 Å². The van der Waals surface area contributed by atoms with Crippen molar-refractivity contribution in [3.8, 4) is 47.3 Å². The van der Waals surface area contributed by atoms with Crippen molar-refractivity contribution in [1.29, 1.82) is 21.0 Å². The Morgan fingerprint density at radius 1 is 0.447 bits per heavy atom. The number of amides is 3. The number of ether oxygens (including phenoxy) is 7. The fraction of sp³-hybridized carbons (Fsp3) is 0.368. The molecule has 4 heterocycles. The fourth-order valence-electron chi connectivity index (χ4n) is 13.1. The van der Waals surface area contributed by atoms with Crippen LogP contribution in [0.2, 0.25) is 0 Å². The topological polar surface area (TPSA) is 301 Å². The molecule has 4 aliphatic rings. The highest BCUT2D eigenvalue weighted by atomic mass is 79.9. The second kappa shape index (κ2) is 40.2. The van der Waals surface area contributed by atoms with Gasteiger partial charge in [0.15, 0.2) is 0 Å². The highest BCUT2D eigenvalue weighted by molar-refractivity contribution is 9.10. The summed E-state index contributed by atoms with van der Waals surface area (Å²) < 4.78 is 91.3. The van der Waals surface area contributed by atoms with Gasteiger partial charge in [-0.05, 0) is 230 Å². The van der Waals surface area contributed by atoms with Crippen LogP contribution in [0, 0.1) is 45.3 Å². The number of halogens is 1. The maximum Gasteiger partial charge on any atom is 0.410 e. The minimum absolute atomic E-state index is 0.00520. The zero-order valence-electron chi connectivity index (χ0n) is 66.4. The Balaban J connectivity index is 0.000000185. The Labute approximate surface area is 688 Å². The standard InChI is InChI=1S/C23H26N2O5S.C23H26N2O3S.C18H18N2O3S.C16H23NO3S.C7H4BrN/c1-23(2,3)30-22(26)25-12-11-17(15-25)19-10-9-18(13-20(19)29-4)31(27,28)21-8-6-5-7-16(21)14-24;1-23(2,3)28-22(26)25-12-11-17(15-25)19-10-9-18(13-20(19)27-4)29-21-8-6-5-7-16(21)14-24;1-23-17-10-15(6-7-16(17)14-8-9-20-12-14)24(21,22)18-5-3-2-4-13(18)11-19;1-16(2,3)20-15(18)17-8-7-11(10-17)13-6-5-12(21)9-14(13)19-4;8-7-4-2-1-3-6(7)5-9/h5-10,13,17H,11-12,15H2,1-4H3;5-10,13,17H,11-12,15H2,1-4H3;2-7,10,14,20H,8-9,12H2,1H3;5-6,9,11,21H,7-8,10H2,1-4H3;1-4H. The lowest BCUT2D eigenvalue weighted by atomic mass is 9.97. The predicted molar refractivity (Wildman–Crippen MR) is 442 cm³/mol. The van der Waals surface area contributed by atoms with Crippen LogP contribution in [0.4, 0.5) is 14.4 Å². The third-order valence-electron chi connectivity index (χ3n) is 18.6. The van der Waals surface area contributed by atoms with E-state index in [0.717, 1.165) is 91.7 Å². The molecule has 114 heavy (non-hydrogen) atoms. The van der Waals surface area contributed by atoms with E-state index < -0.39 is 36.5 Å². The number of carbonyl (C=O) groups excluding carboxylic acids is 3. The van der Waals surface area contributed by atoms with E-state index in [0.29, 0.717) is 67.8 Å². The number of carbonyl (C=O) groups is 3. The van der Waals surface area contributed by atoms with Gasteiger partial charge in [-0.1, -0.05) is 84.6 Å². The van der Waals surface area contributed by atoms with Gasteiger partial charge in [0.2, 0.25) is 19.7 Å². The minimum Gasteiger partial charge on any atom is -0.496 e. The summed E-state index contributed by atoms with van der Waals surface area (Å²) in [5.74, 6) is 3.46. The molecule has 3 amide bonds. The minimum atomic E-state index is -3.89. The van der Waals surface area contributed by atoms with Crippen LogP contribution < -0.4 is 24.3 Å². The van der Waals surface area contributed by atoms with E-state index >= 15 is 0 Å². The molecule has 1 N–H and O–H groups in total. The molecule has 0 saturated carbocycles. The van der Waals surface area contributed by atoms with E-state index in [1.807, 2.05) is 159 Å². The van der Waals surface area contributed by atoms with Crippen molar-refractivity contribution in [2.24, 2.45) is 0 Å². The highest BCUT2D eigenvalue weighted by Crippen LogP contribution is 2.42. The molecule has 4 unspecified atom stereocenters. The lowest BCUT2D eigenvalue weighted by Gasteiger charge is -2.24. The Kier molecular flexibility index (Phi) is 31.5. The molecule has 8 aromatic rings. The molecule has 12 rings (SSSR count). The van der Waals surface area contributed by atoms with Crippen LogP contribution >= 0.6 is 40.3 Å². The van der Waals surface area contributed by atoms with Crippen LogP contribution in [0.3, 0.4) is 0 Å². The largest absolute Gasteiger partial charge is 0.496 e. The smallest absolute Gasteiger partial charge is 0.410 e. The number of hydrogen-bond donors (Lipinski definition) is 2. The molecule has 4 atom stereocenters. The lowest BCUT2D eigenvalue weighted by Crippen LogP contribution is -2.35. The number of sulfone groups is 2. The molecule has 4 saturated heterocycles. The van der Waals surface area contributed by atoms with Crippen molar-refractivity contribution in [3.63, 3.8) is 0 Å². The van der Waals surface area contributed by atoms with Crippen LogP contribution in [-0.4, -0.2) is 147 Å². The van der Waals surface area contributed by atoms with E-state index in [-0.39, 0.29) is 66.7 Å². The number of methoxy groups -OCH3 is 4. The molecule has 8 aromatic carbocycles. The van der Waals surface area contributed by atoms with Crippen molar-refractivity contribution in [2.75, 3.05) is 80.8 Å². The maximum absolute atomic E-state index is 13.1. The first-order chi connectivity index (χ1) is 54.1. The van der Waals surface area contributed by atoms with Crippen LogP contribution in [-0.2, 0) is 33.9 Å².